The summed E-state index contributed by atoms with van der Waals surface area (Å²) in [4.78, 5) is 24.5. The second-order valence-electron chi connectivity index (χ2n) is 19.6. The number of unbranched alkanes of at least 4 members (excludes halogenated alkanes) is 38. The van der Waals surface area contributed by atoms with Gasteiger partial charge in [0.2, 0.25) is 5.91 Å². The van der Waals surface area contributed by atoms with Crippen molar-refractivity contribution < 1.29 is 24.5 Å². The van der Waals surface area contributed by atoms with Gasteiger partial charge in [0, 0.05) is 12.8 Å². The van der Waals surface area contributed by atoms with Crippen LogP contribution in [0.25, 0.3) is 0 Å². The molecule has 64 heavy (non-hydrogen) atoms. The number of aliphatic hydroxyl groups is 2. The Balaban J connectivity index is 3.40. The van der Waals surface area contributed by atoms with Crippen molar-refractivity contribution in [2.75, 3.05) is 13.2 Å². The van der Waals surface area contributed by atoms with E-state index in [4.69, 9.17) is 4.74 Å². The van der Waals surface area contributed by atoms with Crippen LogP contribution < -0.4 is 5.32 Å². The SMILES string of the molecule is CCC/C=C\C/C=C\CCCCCCCC(=O)OCCCCCCCCCCCCCCCCCCCCCC(=O)NC(CO)C(O)CCCCCCCCCCCCCCCCC. The van der Waals surface area contributed by atoms with E-state index < -0.39 is 12.1 Å². The first-order valence-electron chi connectivity index (χ1n) is 28.6. The molecule has 0 rings (SSSR count). The first-order valence-corrected chi connectivity index (χ1v) is 28.6. The average Bonchev–Trinajstić information content (AvgIpc) is 3.29. The van der Waals surface area contributed by atoms with E-state index in [1.807, 2.05) is 0 Å². The molecule has 0 fully saturated rings. The summed E-state index contributed by atoms with van der Waals surface area (Å²) in [5, 5.41) is 23.3. The lowest BCUT2D eigenvalue weighted by Gasteiger charge is -2.22. The molecule has 0 saturated carbocycles. The van der Waals surface area contributed by atoms with Crippen molar-refractivity contribution in [1.82, 2.24) is 5.32 Å². The van der Waals surface area contributed by atoms with Crippen molar-refractivity contribution in [2.24, 2.45) is 0 Å². The van der Waals surface area contributed by atoms with Gasteiger partial charge < -0.3 is 20.3 Å². The number of rotatable bonds is 53. The highest BCUT2D eigenvalue weighted by atomic mass is 16.5. The number of carbonyl (C=O) groups is 2. The van der Waals surface area contributed by atoms with Crippen LogP contribution in [0.4, 0.5) is 0 Å². The van der Waals surface area contributed by atoms with Gasteiger partial charge in [0.1, 0.15) is 0 Å². The van der Waals surface area contributed by atoms with E-state index in [2.05, 4.69) is 43.5 Å². The van der Waals surface area contributed by atoms with Gasteiger partial charge in [0.15, 0.2) is 0 Å². The van der Waals surface area contributed by atoms with Crippen molar-refractivity contribution in [3.63, 3.8) is 0 Å². The Morgan fingerprint density at radius 3 is 1.25 bits per heavy atom. The first kappa shape index (κ1) is 62.3. The minimum atomic E-state index is -0.666. The molecule has 0 heterocycles. The molecule has 0 aliphatic rings. The minimum absolute atomic E-state index is 0.00612. The second-order valence-corrected chi connectivity index (χ2v) is 19.6. The third-order valence-corrected chi connectivity index (χ3v) is 13.2. The fraction of sp³-hybridized carbons (Fsp3) is 0.897. The summed E-state index contributed by atoms with van der Waals surface area (Å²) in [6.45, 7) is 4.89. The van der Waals surface area contributed by atoms with Gasteiger partial charge in [-0.1, -0.05) is 269 Å². The number of allylic oxidation sites excluding steroid dienone is 4. The Labute approximate surface area is 399 Å². The maximum absolute atomic E-state index is 12.5. The van der Waals surface area contributed by atoms with Gasteiger partial charge in [-0.2, -0.15) is 0 Å². The van der Waals surface area contributed by atoms with Crippen molar-refractivity contribution in [1.29, 1.82) is 0 Å². The summed E-state index contributed by atoms with van der Waals surface area (Å²) in [5.74, 6) is -0.0429. The van der Waals surface area contributed by atoms with Crippen LogP contribution in [0.5, 0.6) is 0 Å². The van der Waals surface area contributed by atoms with Gasteiger partial charge in [0.25, 0.3) is 0 Å². The smallest absolute Gasteiger partial charge is 0.305 e. The van der Waals surface area contributed by atoms with Crippen LogP contribution in [0.2, 0.25) is 0 Å². The highest BCUT2D eigenvalue weighted by molar-refractivity contribution is 5.76. The fourth-order valence-corrected chi connectivity index (χ4v) is 8.85. The van der Waals surface area contributed by atoms with Gasteiger partial charge in [-0.05, 0) is 51.4 Å². The first-order chi connectivity index (χ1) is 31.5. The van der Waals surface area contributed by atoms with Crippen LogP contribution in [0.15, 0.2) is 24.3 Å². The average molecular weight is 903 g/mol. The van der Waals surface area contributed by atoms with Crippen molar-refractivity contribution in [2.45, 2.75) is 321 Å². The molecule has 1 amide bonds. The van der Waals surface area contributed by atoms with Crippen molar-refractivity contribution >= 4 is 11.9 Å². The molecule has 0 bridgehead atoms. The highest BCUT2D eigenvalue weighted by Gasteiger charge is 2.20. The van der Waals surface area contributed by atoms with Gasteiger partial charge in [-0.15, -0.1) is 0 Å². The number of carbonyl (C=O) groups excluding carboxylic acids is 2. The maximum atomic E-state index is 12.5. The maximum Gasteiger partial charge on any atom is 0.305 e. The number of amides is 1. The zero-order valence-corrected chi connectivity index (χ0v) is 43.0. The van der Waals surface area contributed by atoms with E-state index in [1.54, 1.807) is 0 Å². The van der Waals surface area contributed by atoms with Crippen molar-refractivity contribution in [3.05, 3.63) is 24.3 Å². The number of hydrogen-bond acceptors (Lipinski definition) is 5. The standard InChI is InChI=1S/C58H111NO5/c1-3-5-7-9-11-13-15-17-23-27-30-34-38-42-46-50-56(61)55(54-60)59-57(62)51-47-43-39-35-31-28-24-21-19-18-20-22-25-29-33-37-41-45-49-53-64-58(63)52-48-44-40-36-32-26-16-14-12-10-8-6-4-2/h8,10,14,16,55-56,60-61H,3-7,9,11-13,15,17-54H2,1-2H3,(H,59,62)/b10-8-,16-14-. The number of esters is 1. The van der Waals surface area contributed by atoms with Gasteiger partial charge in [0.05, 0.1) is 25.4 Å². The molecule has 0 aromatic carbocycles. The lowest BCUT2D eigenvalue weighted by atomic mass is 10.0. The Bertz CT molecular complexity index is 997. The Morgan fingerprint density at radius 2 is 0.812 bits per heavy atom. The Morgan fingerprint density at radius 1 is 0.438 bits per heavy atom. The predicted octanol–water partition coefficient (Wildman–Crippen LogP) is 17.5. The van der Waals surface area contributed by atoms with Crippen LogP contribution in [-0.4, -0.2) is 47.4 Å². The molecule has 2 unspecified atom stereocenters. The molecule has 2 atom stereocenters. The summed E-state index contributed by atoms with van der Waals surface area (Å²) in [6, 6.07) is -0.543. The molecule has 0 aromatic rings. The number of aliphatic hydroxyl groups excluding tert-OH is 2. The van der Waals surface area contributed by atoms with Crippen LogP contribution in [0.1, 0.15) is 309 Å². The zero-order chi connectivity index (χ0) is 46.5. The largest absolute Gasteiger partial charge is 0.466 e. The van der Waals surface area contributed by atoms with E-state index in [-0.39, 0.29) is 18.5 Å². The van der Waals surface area contributed by atoms with E-state index in [0.29, 0.717) is 25.9 Å². The quantitative estimate of drug-likeness (QED) is 0.0321. The fourth-order valence-electron chi connectivity index (χ4n) is 8.85. The summed E-state index contributed by atoms with van der Waals surface area (Å²) in [7, 11) is 0. The molecule has 0 saturated heterocycles. The van der Waals surface area contributed by atoms with Crippen LogP contribution >= 0.6 is 0 Å². The van der Waals surface area contributed by atoms with Crippen molar-refractivity contribution in [3.8, 4) is 0 Å². The van der Waals surface area contributed by atoms with Crippen LogP contribution in [-0.2, 0) is 14.3 Å². The monoisotopic (exact) mass is 902 g/mol. The summed E-state index contributed by atoms with van der Waals surface area (Å²) < 4.78 is 5.46. The molecule has 0 aliphatic heterocycles. The zero-order valence-electron chi connectivity index (χ0n) is 43.0. The van der Waals surface area contributed by atoms with E-state index >= 15 is 0 Å². The van der Waals surface area contributed by atoms with Gasteiger partial charge >= 0.3 is 5.97 Å². The molecule has 0 radical (unpaired) electrons. The molecule has 0 aliphatic carbocycles. The normalized spacial score (nSPS) is 12.8. The molecular weight excluding hydrogens is 791 g/mol. The topological polar surface area (TPSA) is 95.9 Å². The Hall–Kier alpha value is -1.66. The molecule has 0 aromatic heterocycles. The lowest BCUT2D eigenvalue weighted by molar-refractivity contribution is -0.143. The molecule has 6 nitrogen and oxygen atoms in total. The highest BCUT2D eigenvalue weighted by Crippen LogP contribution is 2.17. The lowest BCUT2D eigenvalue weighted by Crippen LogP contribution is -2.45. The van der Waals surface area contributed by atoms with E-state index in [0.717, 1.165) is 51.4 Å². The molecule has 0 spiro atoms. The molecular formula is C58H111NO5. The predicted molar refractivity (Wildman–Crippen MR) is 278 cm³/mol. The van der Waals surface area contributed by atoms with Gasteiger partial charge in [-0.3, -0.25) is 9.59 Å². The van der Waals surface area contributed by atoms with E-state index in [1.165, 1.54) is 225 Å². The third kappa shape index (κ3) is 49.8. The summed E-state index contributed by atoms with van der Waals surface area (Å²) in [6.07, 6.45) is 64.5. The summed E-state index contributed by atoms with van der Waals surface area (Å²) in [5.41, 5.74) is 0. The Kier molecular flexibility index (Phi) is 52.6. The number of nitrogens with one attached hydrogen (secondary N) is 1. The summed E-state index contributed by atoms with van der Waals surface area (Å²) >= 11 is 0. The number of ether oxygens (including phenoxy) is 1. The minimum Gasteiger partial charge on any atom is -0.466 e. The van der Waals surface area contributed by atoms with Crippen LogP contribution in [0.3, 0.4) is 0 Å². The number of hydrogen-bond donors (Lipinski definition) is 3. The molecule has 6 heteroatoms. The second kappa shape index (κ2) is 54.0. The van der Waals surface area contributed by atoms with Gasteiger partial charge in [-0.25, -0.2) is 0 Å². The molecule has 378 valence electrons. The van der Waals surface area contributed by atoms with E-state index in [9.17, 15) is 19.8 Å². The van der Waals surface area contributed by atoms with Crippen LogP contribution in [0, 0.1) is 0 Å². The molecule has 3 N–H and O–H groups in total. The third-order valence-electron chi connectivity index (χ3n) is 13.2.